The third-order valence-electron chi connectivity index (χ3n) is 1.96. The molecule has 1 atom stereocenters. The normalized spacial score (nSPS) is 11.7. The minimum Gasteiger partial charge on any atom is -0.468 e. The number of benzene rings is 1. The molecule has 0 aromatic heterocycles. The Bertz CT molecular complexity index is 385. The Morgan fingerprint density at radius 3 is 2.25 bits per heavy atom. The van der Waals surface area contributed by atoms with Crippen molar-refractivity contribution in [1.29, 1.82) is 0 Å². The van der Waals surface area contributed by atoms with Gasteiger partial charge in [-0.3, -0.25) is 9.59 Å². The monoisotopic (exact) mass is 223 g/mol. The molecule has 0 amide bonds. The fraction of sp³-hybridized carbons (Fsp3) is 0.273. The molecule has 0 unspecified atom stereocenters. The van der Waals surface area contributed by atoms with Crippen molar-refractivity contribution in [2.75, 3.05) is 7.11 Å². The average Bonchev–Trinajstić information content (AvgIpc) is 2.27. The molecule has 5 nitrogen and oxygen atoms in total. The summed E-state index contributed by atoms with van der Waals surface area (Å²) in [5.41, 5.74) is 6.22. The van der Waals surface area contributed by atoms with Gasteiger partial charge in [0.25, 0.3) is 0 Å². The Kier molecular flexibility index (Phi) is 4.02. The quantitative estimate of drug-likeness (QED) is 0.605. The molecule has 1 aromatic rings. The van der Waals surface area contributed by atoms with Gasteiger partial charge in [-0.15, -0.1) is 0 Å². The van der Waals surface area contributed by atoms with Gasteiger partial charge < -0.3 is 15.2 Å². The van der Waals surface area contributed by atoms with Crippen LogP contribution in [0.3, 0.4) is 0 Å². The first kappa shape index (κ1) is 12.2. The Labute approximate surface area is 93.1 Å². The molecule has 86 valence electrons. The maximum Gasteiger partial charge on any atom is 0.327 e. The second-order valence-electron chi connectivity index (χ2n) is 3.16. The smallest absolute Gasteiger partial charge is 0.327 e. The van der Waals surface area contributed by atoms with Gasteiger partial charge in [-0.05, 0) is 17.7 Å². The molecule has 0 saturated carbocycles. The van der Waals surface area contributed by atoms with E-state index in [0.717, 1.165) is 0 Å². The maximum absolute atomic E-state index is 11.1. The van der Waals surface area contributed by atoms with E-state index in [1.807, 2.05) is 0 Å². The largest absolute Gasteiger partial charge is 0.468 e. The van der Waals surface area contributed by atoms with Crippen molar-refractivity contribution < 1.29 is 19.1 Å². The number of hydrogen-bond acceptors (Lipinski definition) is 5. The molecular formula is C11H13NO4. The minimum absolute atomic E-state index is 0.398. The van der Waals surface area contributed by atoms with E-state index >= 15 is 0 Å². The SMILES string of the molecule is COC(=O)[C@H](N)c1ccc(OC(C)=O)cc1. The topological polar surface area (TPSA) is 78.6 Å². The first-order chi connectivity index (χ1) is 7.54. The Balaban J connectivity index is 2.78. The molecule has 0 bridgehead atoms. The van der Waals surface area contributed by atoms with Crippen LogP contribution in [0.2, 0.25) is 0 Å². The van der Waals surface area contributed by atoms with E-state index in [0.29, 0.717) is 11.3 Å². The lowest BCUT2D eigenvalue weighted by atomic mass is 10.1. The molecule has 0 saturated heterocycles. The van der Waals surface area contributed by atoms with Gasteiger partial charge in [0, 0.05) is 6.92 Å². The molecule has 0 fully saturated rings. The van der Waals surface area contributed by atoms with Gasteiger partial charge in [-0.2, -0.15) is 0 Å². The van der Waals surface area contributed by atoms with Gasteiger partial charge in [-0.25, -0.2) is 0 Å². The second-order valence-corrected chi connectivity index (χ2v) is 3.16. The van der Waals surface area contributed by atoms with Crippen molar-refractivity contribution in [3.8, 4) is 5.75 Å². The molecule has 16 heavy (non-hydrogen) atoms. The summed E-state index contributed by atoms with van der Waals surface area (Å²) in [6.07, 6.45) is 0. The van der Waals surface area contributed by atoms with Crippen LogP contribution in [-0.4, -0.2) is 19.0 Å². The summed E-state index contributed by atoms with van der Waals surface area (Å²) in [5, 5.41) is 0. The van der Waals surface area contributed by atoms with Gasteiger partial charge in [0.15, 0.2) is 0 Å². The van der Waals surface area contributed by atoms with E-state index in [4.69, 9.17) is 10.5 Å². The molecule has 0 aliphatic rings. The second kappa shape index (κ2) is 5.27. The molecule has 1 aromatic carbocycles. The van der Waals surface area contributed by atoms with Crippen LogP contribution in [0, 0.1) is 0 Å². The molecule has 0 heterocycles. The molecule has 1 rings (SSSR count). The van der Waals surface area contributed by atoms with Crippen molar-refractivity contribution in [3.63, 3.8) is 0 Å². The highest BCUT2D eigenvalue weighted by atomic mass is 16.5. The lowest BCUT2D eigenvalue weighted by Gasteiger charge is -2.09. The van der Waals surface area contributed by atoms with Crippen molar-refractivity contribution in [2.24, 2.45) is 5.73 Å². The third kappa shape index (κ3) is 3.06. The number of methoxy groups -OCH3 is 1. The highest BCUT2D eigenvalue weighted by molar-refractivity contribution is 5.77. The fourth-order valence-corrected chi connectivity index (χ4v) is 1.17. The number of nitrogens with two attached hydrogens (primary N) is 1. The highest BCUT2D eigenvalue weighted by Gasteiger charge is 2.15. The molecule has 0 radical (unpaired) electrons. The zero-order valence-corrected chi connectivity index (χ0v) is 9.10. The van der Waals surface area contributed by atoms with Crippen LogP contribution in [0.15, 0.2) is 24.3 Å². The lowest BCUT2D eigenvalue weighted by Crippen LogP contribution is -2.22. The summed E-state index contributed by atoms with van der Waals surface area (Å²) in [5.74, 6) is -0.501. The lowest BCUT2D eigenvalue weighted by molar-refractivity contribution is -0.142. The highest BCUT2D eigenvalue weighted by Crippen LogP contribution is 2.17. The summed E-state index contributed by atoms with van der Waals surface area (Å²) in [6.45, 7) is 1.31. The van der Waals surface area contributed by atoms with Crippen molar-refractivity contribution in [2.45, 2.75) is 13.0 Å². The standard InChI is InChI=1S/C11H13NO4/c1-7(13)16-9-5-3-8(4-6-9)10(12)11(14)15-2/h3-6,10H,12H2,1-2H3/t10-/m1/s1. The molecule has 5 heteroatoms. The summed E-state index contributed by atoms with van der Waals surface area (Å²) in [4.78, 5) is 21.8. The molecule has 0 aliphatic heterocycles. The van der Waals surface area contributed by atoms with E-state index in [1.54, 1.807) is 24.3 Å². The molecular weight excluding hydrogens is 210 g/mol. The minimum atomic E-state index is -0.823. The fourth-order valence-electron chi connectivity index (χ4n) is 1.17. The van der Waals surface area contributed by atoms with E-state index in [-0.39, 0.29) is 0 Å². The maximum atomic E-state index is 11.1. The Morgan fingerprint density at radius 2 is 1.81 bits per heavy atom. The first-order valence-corrected chi connectivity index (χ1v) is 4.66. The first-order valence-electron chi connectivity index (χ1n) is 4.66. The van der Waals surface area contributed by atoms with Crippen molar-refractivity contribution >= 4 is 11.9 Å². The van der Waals surface area contributed by atoms with E-state index < -0.39 is 18.0 Å². The summed E-state index contributed by atoms with van der Waals surface area (Å²) in [7, 11) is 1.27. The van der Waals surface area contributed by atoms with Crippen LogP contribution >= 0.6 is 0 Å². The van der Waals surface area contributed by atoms with Crippen LogP contribution in [0.4, 0.5) is 0 Å². The van der Waals surface area contributed by atoms with E-state index in [9.17, 15) is 9.59 Å². The van der Waals surface area contributed by atoms with Gasteiger partial charge in [0.2, 0.25) is 0 Å². The zero-order chi connectivity index (χ0) is 12.1. The predicted molar refractivity (Wildman–Crippen MR) is 56.7 cm³/mol. The number of carbonyl (C=O) groups excluding carboxylic acids is 2. The number of ether oxygens (including phenoxy) is 2. The molecule has 2 N–H and O–H groups in total. The number of rotatable bonds is 3. The summed E-state index contributed by atoms with van der Waals surface area (Å²) >= 11 is 0. The van der Waals surface area contributed by atoms with Crippen molar-refractivity contribution in [3.05, 3.63) is 29.8 Å². The van der Waals surface area contributed by atoms with Gasteiger partial charge in [0.05, 0.1) is 7.11 Å². The summed E-state index contributed by atoms with van der Waals surface area (Å²) < 4.78 is 9.35. The van der Waals surface area contributed by atoms with E-state index in [2.05, 4.69) is 4.74 Å². The predicted octanol–water partition coefficient (Wildman–Crippen LogP) is 0.785. The molecule has 0 aliphatic carbocycles. The third-order valence-corrected chi connectivity index (χ3v) is 1.96. The van der Waals surface area contributed by atoms with Gasteiger partial charge in [0.1, 0.15) is 11.8 Å². The van der Waals surface area contributed by atoms with Gasteiger partial charge >= 0.3 is 11.9 Å². The van der Waals surface area contributed by atoms with Crippen LogP contribution in [-0.2, 0) is 14.3 Å². The van der Waals surface area contributed by atoms with E-state index in [1.165, 1.54) is 14.0 Å². The number of esters is 2. The van der Waals surface area contributed by atoms with Crippen LogP contribution in [0.5, 0.6) is 5.75 Å². The molecule has 0 spiro atoms. The van der Waals surface area contributed by atoms with Crippen molar-refractivity contribution in [1.82, 2.24) is 0 Å². The summed E-state index contributed by atoms with van der Waals surface area (Å²) in [6, 6.07) is 5.54. The Morgan fingerprint density at radius 1 is 1.25 bits per heavy atom. The van der Waals surface area contributed by atoms with Crippen LogP contribution in [0.1, 0.15) is 18.5 Å². The van der Waals surface area contributed by atoms with Crippen LogP contribution < -0.4 is 10.5 Å². The average molecular weight is 223 g/mol. The Hall–Kier alpha value is -1.88. The zero-order valence-electron chi connectivity index (χ0n) is 9.10. The number of hydrogen-bond donors (Lipinski definition) is 1. The van der Waals surface area contributed by atoms with Gasteiger partial charge in [-0.1, -0.05) is 12.1 Å². The number of carbonyl (C=O) groups is 2. The van der Waals surface area contributed by atoms with Crippen LogP contribution in [0.25, 0.3) is 0 Å².